The Balaban J connectivity index is 1.44. The molecule has 45 heavy (non-hydrogen) atoms. The zero-order valence-corrected chi connectivity index (χ0v) is 24.2. The van der Waals surface area contributed by atoms with Crippen LogP contribution in [0.25, 0.3) is 72.8 Å². The van der Waals surface area contributed by atoms with Gasteiger partial charge in [-0.25, -0.2) is 15.0 Å². The lowest BCUT2D eigenvalue weighted by Crippen LogP contribution is -2.04. The number of hydrogen-bond donors (Lipinski definition) is 0. The van der Waals surface area contributed by atoms with Gasteiger partial charge in [-0.2, -0.15) is 5.26 Å². The van der Waals surface area contributed by atoms with Crippen LogP contribution in [0.15, 0.2) is 152 Å². The smallest absolute Gasteiger partial charge is 0.166 e. The minimum Gasteiger partial charge on any atom is -0.309 e. The summed E-state index contributed by atoms with van der Waals surface area (Å²) in [5.74, 6) is 1.79. The Kier molecular flexibility index (Phi) is 6.44. The van der Waals surface area contributed by atoms with Gasteiger partial charge in [-0.05, 0) is 47.5 Å². The van der Waals surface area contributed by atoms with Crippen molar-refractivity contribution in [1.29, 1.82) is 5.26 Å². The quantitative estimate of drug-likeness (QED) is 0.205. The molecule has 0 spiro atoms. The van der Waals surface area contributed by atoms with E-state index in [-0.39, 0.29) is 0 Å². The average molecular weight is 576 g/mol. The number of para-hydroxylation sites is 2. The van der Waals surface area contributed by atoms with E-state index in [0.717, 1.165) is 44.5 Å². The number of nitriles is 1. The number of nitrogens with zero attached hydrogens (tertiary/aromatic N) is 5. The predicted molar refractivity (Wildman–Crippen MR) is 181 cm³/mol. The first kappa shape index (κ1) is 26.3. The Bertz CT molecular complexity index is 2260. The Morgan fingerprint density at radius 3 is 1.49 bits per heavy atom. The monoisotopic (exact) mass is 575 g/mol. The Morgan fingerprint density at radius 1 is 0.444 bits per heavy atom. The Labute approximate surface area is 260 Å². The molecule has 8 aromatic rings. The molecule has 0 fully saturated rings. The summed E-state index contributed by atoms with van der Waals surface area (Å²) < 4.78 is 2.30. The van der Waals surface area contributed by atoms with Crippen molar-refractivity contribution < 1.29 is 0 Å². The lowest BCUT2D eigenvalue weighted by atomic mass is 10.00. The van der Waals surface area contributed by atoms with Crippen molar-refractivity contribution in [3.63, 3.8) is 0 Å². The van der Waals surface area contributed by atoms with Gasteiger partial charge in [0, 0.05) is 27.5 Å². The average Bonchev–Trinajstić information content (AvgIpc) is 3.46. The summed E-state index contributed by atoms with van der Waals surface area (Å²) in [6, 6.07) is 53.3. The molecule has 0 N–H and O–H groups in total. The predicted octanol–water partition coefficient (Wildman–Crippen LogP) is 9.51. The molecular weight excluding hydrogens is 550 g/mol. The van der Waals surface area contributed by atoms with Crippen LogP contribution in [-0.4, -0.2) is 19.5 Å². The third-order valence-corrected chi connectivity index (χ3v) is 8.11. The van der Waals surface area contributed by atoms with Crippen LogP contribution in [0.3, 0.4) is 0 Å². The lowest BCUT2D eigenvalue weighted by Gasteiger charge is -2.16. The highest BCUT2D eigenvalue weighted by Crippen LogP contribution is 2.38. The van der Waals surface area contributed by atoms with E-state index in [9.17, 15) is 5.26 Å². The van der Waals surface area contributed by atoms with Crippen LogP contribution < -0.4 is 0 Å². The molecule has 0 amide bonds. The highest BCUT2D eigenvalue weighted by Gasteiger charge is 2.20. The lowest BCUT2D eigenvalue weighted by molar-refractivity contribution is 1.06. The molecule has 0 unspecified atom stereocenters. The van der Waals surface area contributed by atoms with Crippen molar-refractivity contribution in [3.05, 3.63) is 157 Å². The van der Waals surface area contributed by atoms with E-state index in [1.54, 1.807) is 0 Å². The maximum Gasteiger partial charge on any atom is 0.166 e. The van der Waals surface area contributed by atoms with E-state index in [1.807, 2.05) is 84.9 Å². The molecule has 0 bridgehead atoms. The standard InChI is InChI=1S/C40H25N5/c41-26-27-19-21-28(22-20-27)31-23-24-37(45-35-17-9-7-15-32(35)33-16-8-10-18-36(33)45)34(25-31)40-43-38(29-11-3-1-4-12-29)42-39(44-40)30-13-5-2-6-14-30/h1-25H. The number of benzene rings is 6. The number of fused-ring (bicyclic) bond motifs is 3. The van der Waals surface area contributed by atoms with Gasteiger partial charge in [-0.3, -0.25) is 0 Å². The minimum atomic E-state index is 0.579. The van der Waals surface area contributed by atoms with Crippen LogP contribution in [0.1, 0.15) is 5.56 Å². The third kappa shape index (κ3) is 4.71. The Morgan fingerprint density at radius 2 is 0.933 bits per heavy atom. The van der Waals surface area contributed by atoms with Gasteiger partial charge in [0.05, 0.1) is 28.4 Å². The highest BCUT2D eigenvalue weighted by atomic mass is 15.1. The van der Waals surface area contributed by atoms with Gasteiger partial charge in [0.15, 0.2) is 17.5 Å². The molecule has 0 aliphatic carbocycles. The molecule has 0 saturated carbocycles. The Hall–Kier alpha value is -6.38. The van der Waals surface area contributed by atoms with Crippen LogP contribution in [-0.2, 0) is 0 Å². The summed E-state index contributed by atoms with van der Waals surface area (Å²) in [6.07, 6.45) is 0. The van der Waals surface area contributed by atoms with Crippen molar-refractivity contribution >= 4 is 21.8 Å². The van der Waals surface area contributed by atoms with Gasteiger partial charge in [0.1, 0.15) is 0 Å². The summed E-state index contributed by atoms with van der Waals surface area (Å²) in [5.41, 5.74) is 8.51. The maximum absolute atomic E-state index is 9.37. The largest absolute Gasteiger partial charge is 0.309 e. The first-order valence-electron chi connectivity index (χ1n) is 14.8. The molecule has 0 atom stereocenters. The zero-order valence-electron chi connectivity index (χ0n) is 24.2. The molecule has 210 valence electrons. The maximum atomic E-state index is 9.37. The molecular formula is C40H25N5. The van der Waals surface area contributed by atoms with Gasteiger partial charge in [-0.1, -0.05) is 115 Å². The molecule has 2 aromatic heterocycles. The highest BCUT2D eigenvalue weighted by molar-refractivity contribution is 6.09. The van der Waals surface area contributed by atoms with Crippen molar-refractivity contribution in [1.82, 2.24) is 19.5 Å². The van der Waals surface area contributed by atoms with Crippen molar-refractivity contribution in [2.45, 2.75) is 0 Å². The van der Waals surface area contributed by atoms with Crippen LogP contribution >= 0.6 is 0 Å². The summed E-state index contributed by atoms with van der Waals surface area (Å²) in [4.78, 5) is 15.2. The second-order valence-electron chi connectivity index (χ2n) is 10.8. The van der Waals surface area contributed by atoms with Crippen molar-refractivity contribution in [3.8, 4) is 57.0 Å². The number of aromatic nitrogens is 4. The summed E-state index contributed by atoms with van der Waals surface area (Å²) in [5, 5.41) is 11.7. The van der Waals surface area contributed by atoms with Gasteiger partial charge >= 0.3 is 0 Å². The normalized spacial score (nSPS) is 11.1. The molecule has 0 radical (unpaired) electrons. The summed E-state index contributed by atoms with van der Waals surface area (Å²) in [6.45, 7) is 0. The van der Waals surface area contributed by atoms with Crippen LogP contribution in [0.5, 0.6) is 0 Å². The first-order valence-corrected chi connectivity index (χ1v) is 14.8. The number of hydrogen-bond acceptors (Lipinski definition) is 4. The SMILES string of the molecule is N#Cc1ccc(-c2ccc(-n3c4ccccc4c4ccccc43)c(-c3nc(-c4ccccc4)nc(-c4ccccc4)n3)c2)cc1. The molecule has 5 heteroatoms. The topological polar surface area (TPSA) is 67.4 Å². The van der Waals surface area contributed by atoms with Crippen molar-refractivity contribution in [2.24, 2.45) is 0 Å². The fraction of sp³-hybridized carbons (Fsp3) is 0. The summed E-state index contributed by atoms with van der Waals surface area (Å²) >= 11 is 0. The minimum absolute atomic E-state index is 0.579. The van der Waals surface area contributed by atoms with E-state index < -0.39 is 0 Å². The molecule has 8 rings (SSSR count). The fourth-order valence-electron chi connectivity index (χ4n) is 5.94. The second kappa shape index (κ2) is 11.0. The van der Waals surface area contributed by atoms with E-state index in [1.165, 1.54) is 10.8 Å². The summed E-state index contributed by atoms with van der Waals surface area (Å²) in [7, 11) is 0. The molecule has 0 aliphatic heterocycles. The molecule has 5 nitrogen and oxygen atoms in total. The van der Waals surface area contributed by atoms with Gasteiger partial charge in [-0.15, -0.1) is 0 Å². The van der Waals surface area contributed by atoms with E-state index in [2.05, 4.69) is 77.4 Å². The number of rotatable bonds is 5. The van der Waals surface area contributed by atoms with Gasteiger partial charge in [0.25, 0.3) is 0 Å². The second-order valence-corrected chi connectivity index (χ2v) is 10.8. The fourth-order valence-corrected chi connectivity index (χ4v) is 5.94. The van der Waals surface area contributed by atoms with Crippen LogP contribution in [0, 0.1) is 11.3 Å². The zero-order chi connectivity index (χ0) is 30.2. The van der Waals surface area contributed by atoms with Gasteiger partial charge < -0.3 is 4.57 Å². The third-order valence-electron chi connectivity index (χ3n) is 8.11. The molecule has 0 saturated heterocycles. The van der Waals surface area contributed by atoms with Crippen LogP contribution in [0.4, 0.5) is 0 Å². The first-order chi connectivity index (χ1) is 22.3. The van der Waals surface area contributed by atoms with Crippen LogP contribution in [0.2, 0.25) is 0 Å². The molecule has 0 aliphatic rings. The van der Waals surface area contributed by atoms with Crippen molar-refractivity contribution in [2.75, 3.05) is 0 Å². The van der Waals surface area contributed by atoms with E-state index >= 15 is 0 Å². The molecule has 2 heterocycles. The van der Waals surface area contributed by atoms with E-state index in [0.29, 0.717) is 23.0 Å². The molecule has 6 aromatic carbocycles. The van der Waals surface area contributed by atoms with Gasteiger partial charge in [0.2, 0.25) is 0 Å². The van der Waals surface area contributed by atoms with E-state index in [4.69, 9.17) is 15.0 Å².